The number of carboxylic acid groups (broad SMARTS) is 5. The van der Waals surface area contributed by atoms with Crippen molar-refractivity contribution in [2.24, 2.45) is 29.1 Å². The molecule has 710 valence electrons. The molecule has 0 saturated heterocycles. The molecular weight excluding hydrogens is 1560 g/mol. The smallest absolute Gasteiger partial charge is 0.480 e. The minimum atomic E-state index is -1.42. The van der Waals surface area contributed by atoms with Crippen LogP contribution in [0.3, 0.4) is 0 Å². The van der Waals surface area contributed by atoms with Crippen LogP contribution in [-0.4, -0.2) is 211 Å². The SMILES string of the molecule is CCCCCCCCCCCCCCC(CCCCCCCCCCCCCC)C(=O)OCC(COC(=O)OCC1CCC2(CC1)CCC(C(=O)NCCCOCC(=O)OCC(CN(CCN(CC(=O)O)CC(=O)O)CC(=O)O)N(CC(=O)O)CC(=O)O)CC2)OC(=O)C(CCCCCCCCCCCCCC)CCCCCCCCCCCCCC. The topological polar surface area (TPSA) is 349 Å². The third kappa shape index (κ3) is 63.3. The summed E-state index contributed by atoms with van der Waals surface area (Å²) in [4.78, 5) is 131. The molecule has 2 aliphatic carbocycles. The van der Waals surface area contributed by atoms with Crippen molar-refractivity contribution >= 4 is 59.8 Å². The number of unbranched alkanes of at least 4 members (excludes halogenated alkanes) is 44. The summed E-state index contributed by atoms with van der Waals surface area (Å²) >= 11 is 0. The molecule has 1 spiro atoms. The molecule has 0 bridgehead atoms. The summed E-state index contributed by atoms with van der Waals surface area (Å²) in [5.74, 6) is -8.97. The lowest BCUT2D eigenvalue weighted by atomic mass is 9.61. The van der Waals surface area contributed by atoms with Crippen molar-refractivity contribution in [2.45, 2.75) is 432 Å². The van der Waals surface area contributed by atoms with Crippen molar-refractivity contribution in [1.82, 2.24) is 20.0 Å². The summed E-state index contributed by atoms with van der Waals surface area (Å²) in [5, 5.41) is 50.4. The van der Waals surface area contributed by atoms with E-state index in [0.717, 1.165) is 164 Å². The Hall–Kier alpha value is -5.66. The highest BCUT2D eigenvalue weighted by Crippen LogP contribution is 2.50. The van der Waals surface area contributed by atoms with Crippen molar-refractivity contribution in [2.75, 3.05) is 98.5 Å². The Kier molecular flexibility index (Phi) is 70.5. The molecule has 2 fully saturated rings. The number of carbonyl (C=O) groups excluding carboxylic acids is 5. The first-order valence-electron chi connectivity index (χ1n) is 49.6. The Bertz CT molecular complexity index is 2580. The highest BCUT2D eigenvalue weighted by atomic mass is 16.7. The molecule has 6 N–H and O–H groups in total. The number of carbonyl (C=O) groups is 10. The normalized spacial score (nSPS) is 15.9. The van der Waals surface area contributed by atoms with Crippen LogP contribution in [0, 0.1) is 29.1 Å². The van der Waals surface area contributed by atoms with Gasteiger partial charge in [0.25, 0.3) is 0 Å². The zero-order chi connectivity index (χ0) is 89.2. The Morgan fingerprint density at radius 2 is 0.705 bits per heavy atom. The lowest BCUT2D eigenvalue weighted by molar-refractivity contribution is -0.167. The largest absolute Gasteiger partial charge is 0.508 e. The van der Waals surface area contributed by atoms with E-state index in [1.807, 2.05) is 0 Å². The molecule has 2 unspecified atom stereocenters. The summed E-state index contributed by atoms with van der Waals surface area (Å²) in [6.45, 7) is 3.45. The fourth-order valence-electron chi connectivity index (χ4n) is 17.6. The van der Waals surface area contributed by atoms with E-state index in [0.29, 0.717) is 6.42 Å². The van der Waals surface area contributed by atoms with E-state index in [1.165, 1.54) is 236 Å². The monoisotopic (exact) mass is 1730 g/mol. The molecule has 0 radical (unpaired) electrons. The van der Waals surface area contributed by atoms with Gasteiger partial charge in [-0.1, -0.05) is 336 Å². The number of ether oxygens (including phenoxy) is 6. The van der Waals surface area contributed by atoms with Crippen molar-refractivity contribution in [3.63, 3.8) is 0 Å². The maximum atomic E-state index is 14.7. The van der Waals surface area contributed by atoms with Crippen LogP contribution < -0.4 is 5.32 Å². The number of aliphatic carboxylic acids is 5. The highest BCUT2D eigenvalue weighted by Gasteiger charge is 2.41. The van der Waals surface area contributed by atoms with Gasteiger partial charge in [0.15, 0.2) is 6.10 Å². The maximum Gasteiger partial charge on any atom is 0.508 e. The number of nitrogens with one attached hydrogen (secondary N) is 1. The van der Waals surface area contributed by atoms with Crippen LogP contribution in [-0.2, 0) is 71.6 Å². The summed E-state index contributed by atoms with van der Waals surface area (Å²) < 4.78 is 35.2. The summed E-state index contributed by atoms with van der Waals surface area (Å²) in [6.07, 6.45) is 67.7. The first kappa shape index (κ1) is 112. The van der Waals surface area contributed by atoms with Crippen molar-refractivity contribution < 1.29 is 102 Å². The number of hydrogen-bond donors (Lipinski definition) is 6. The van der Waals surface area contributed by atoms with Crippen LogP contribution in [0.1, 0.15) is 419 Å². The molecule has 0 heterocycles. The molecule has 25 heteroatoms. The van der Waals surface area contributed by atoms with E-state index in [9.17, 15) is 73.5 Å². The van der Waals surface area contributed by atoms with Gasteiger partial charge >= 0.3 is 53.9 Å². The number of hydrogen-bond acceptors (Lipinski definition) is 19. The molecule has 2 saturated carbocycles. The average molecular weight is 1730 g/mol. The number of amides is 1. The van der Waals surface area contributed by atoms with Gasteiger partial charge in [-0.25, -0.2) is 9.59 Å². The second-order valence-electron chi connectivity index (χ2n) is 36.2. The molecule has 0 aliphatic heterocycles. The van der Waals surface area contributed by atoms with Crippen LogP contribution in [0.5, 0.6) is 0 Å². The van der Waals surface area contributed by atoms with Crippen molar-refractivity contribution in [3.05, 3.63) is 0 Å². The van der Waals surface area contributed by atoms with E-state index in [2.05, 4.69) is 33.0 Å². The van der Waals surface area contributed by atoms with Gasteiger partial charge in [0, 0.05) is 38.7 Å². The lowest BCUT2D eigenvalue weighted by Crippen LogP contribution is -2.52. The Morgan fingerprint density at radius 3 is 1.08 bits per heavy atom. The van der Waals surface area contributed by atoms with Crippen LogP contribution in [0.15, 0.2) is 0 Å². The van der Waals surface area contributed by atoms with E-state index in [-0.39, 0.29) is 99.5 Å². The molecule has 2 aliphatic rings. The molecule has 25 nitrogen and oxygen atoms in total. The van der Waals surface area contributed by atoms with Crippen molar-refractivity contribution in [1.29, 1.82) is 0 Å². The Labute approximate surface area is 737 Å². The third-order valence-electron chi connectivity index (χ3n) is 25.3. The number of rotatable bonds is 86. The Morgan fingerprint density at radius 1 is 0.369 bits per heavy atom. The lowest BCUT2D eigenvalue weighted by Gasteiger charge is -2.44. The summed E-state index contributed by atoms with van der Waals surface area (Å²) in [6, 6.07) is -1.19. The van der Waals surface area contributed by atoms with Crippen molar-refractivity contribution in [3.8, 4) is 0 Å². The van der Waals surface area contributed by atoms with E-state index >= 15 is 0 Å². The fraction of sp³-hybridized carbons (Fsp3) is 0.897. The highest BCUT2D eigenvalue weighted by molar-refractivity contribution is 5.79. The summed E-state index contributed by atoms with van der Waals surface area (Å²) in [7, 11) is 0. The fourth-order valence-corrected chi connectivity index (χ4v) is 17.6. The van der Waals surface area contributed by atoms with Gasteiger partial charge in [-0.15, -0.1) is 0 Å². The van der Waals surface area contributed by atoms with Crippen LogP contribution in [0.25, 0.3) is 0 Å². The average Bonchev–Trinajstić information content (AvgIpc) is 0.806. The molecular formula is C97H176N4O21. The minimum Gasteiger partial charge on any atom is -0.480 e. The molecule has 0 aromatic heterocycles. The number of esters is 3. The van der Waals surface area contributed by atoms with Gasteiger partial charge in [-0.05, 0) is 94.8 Å². The Balaban J connectivity index is 2.12. The summed E-state index contributed by atoms with van der Waals surface area (Å²) in [5.41, 5.74) is 0.0815. The van der Waals surface area contributed by atoms with E-state index < -0.39 is 100 Å². The quantitative estimate of drug-likeness (QED) is 0.0187. The second-order valence-corrected chi connectivity index (χ2v) is 36.2. The van der Waals surface area contributed by atoms with Gasteiger partial charge in [0.1, 0.15) is 26.4 Å². The third-order valence-corrected chi connectivity index (χ3v) is 25.3. The minimum absolute atomic E-state index is 0.0567. The maximum absolute atomic E-state index is 14.7. The van der Waals surface area contributed by atoms with Gasteiger partial charge in [0.2, 0.25) is 5.91 Å². The van der Waals surface area contributed by atoms with E-state index in [4.69, 9.17) is 28.4 Å². The molecule has 0 aromatic carbocycles. The predicted octanol–water partition coefficient (Wildman–Crippen LogP) is 21.3. The standard InChI is InChI=1S/C97H176N4O21/c1-5-9-13-17-21-25-29-33-37-41-45-49-54-83(55-50-46-42-38-34-30-26-22-18-14-10-6-2)94(114)119-78-86(122-95(115)84(56-51-47-43-39-35-31-27-23-19-15-11-7-3)57-52-48-44-40-36-32-28-24-20-16-12-8-4)79-121-96(116)120-76-81-58-62-97(63-59-81)64-60-82(61-65-97)93(113)98-66-53-69-117-80-92(112)118-77-85(101(74-90(108)109)75-91(110)111)70-99(71-87(102)103)67-68-100(72-88(104)105)73-89(106)107/h81-86H,5-80H2,1-4H3,(H,98,113)(H,102,103)(H,104,105)(H,106,107)(H,108,109)(H,110,111). The first-order valence-corrected chi connectivity index (χ1v) is 49.6. The molecule has 1 amide bonds. The van der Waals surface area contributed by atoms with Gasteiger partial charge in [-0.3, -0.25) is 53.1 Å². The number of nitrogens with zero attached hydrogens (tertiary/aromatic N) is 3. The zero-order valence-corrected chi connectivity index (χ0v) is 77.3. The van der Waals surface area contributed by atoms with E-state index in [1.54, 1.807) is 0 Å². The zero-order valence-electron chi connectivity index (χ0n) is 77.3. The molecule has 2 rings (SSSR count). The van der Waals surface area contributed by atoms with Gasteiger partial charge in [-0.2, -0.15) is 0 Å². The molecule has 0 aromatic rings. The van der Waals surface area contributed by atoms with Gasteiger partial charge in [0.05, 0.1) is 57.2 Å². The van der Waals surface area contributed by atoms with Crippen LogP contribution in [0.2, 0.25) is 0 Å². The van der Waals surface area contributed by atoms with Crippen LogP contribution in [0.4, 0.5) is 4.79 Å². The predicted molar refractivity (Wildman–Crippen MR) is 480 cm³/mol. The van der Waals surface area contributed by atoms with Gasteiger partial charge < -0.3 is 59.3 Å². The number of carboxylic acids is 5. The molecule has 2 atom stereocenters. The first-order chi connectivity index (χ1) is 59.1. The molecule has 122 heavy (non-hydrogen) atoms. The van der Waals surface area contributed by atoms with Crippen LogP contribution >= 0.6 is 0 Å². The second kappa shape index (κ2) is 76.6.